The summed E-state index contributed by atoms with van der Waals surface area (Å²) in [6.07, 6.45) is 3.34. The van der Waals surface area contributed by atoms with Crippen molar-refractivity contribution in [3.63, 3.8) is 0 Å². The number of anilines is 1. The average molecular weight is 395 g/mol. The minimum Gasteiger partial charge on any atom is -0.325 e. The SMILES string of the molecule is O=C(CCS(=O)(=O)C1CCCC1)Nc1ccc(Br)cc1Cl. The standard InChI is InChI=1S/C14H17BrClNO3S/c15-10-5-6-13(12(16)9-10)17-14(18)7-8-21(19,20)11-3-1-2-4-11/h5-6,9,11H,1-4,7-8H2,(H,17,18). The Labute approximate surface area is 138 Å². The molecule has 1 amide bonds. The van der Waals surface area contributed by atoms with Crippen LogP contribution in [0, 0.1) is 0 Å². The third-order valence-corrected chi connectivity index (χ3v) is 6.70. The lowest BCUT2D eigenvalue weighted by atomic mass is 10.3. The summed E-state index contributed by atoms with van der Waals surface area (Å²) in [6, 6.07) is 5.11. The van der Waals surface area contributed by atoms with E-state index in [-0.39, 0.29) is 23.3 Å². The summed E-state index contributed by atoms with van der Waals surface area (Å²) >= 11 is 9.28. The van der Waals surface area contributed by atoms with Crippen molar-refractivity contribution >= 4 is 49.0 Å². The van der Waals surface area contributed by atoms with Crippen molar-refractivity contribution in [1.29, 1.82) is 0 Å². The predicted octanol–water partition coefficient (Wildman–Crippen LogP) is 3.79. The van der Waals surface area contributed by atoms with E-state index in [1.165, 1.54) is 0 Å². The van der Waals surface area contributed by atoms with Crippen LogP contribution < -0.4 is 5.32 Å². The molecule has 0 bridgehead atoms. The molecule has 1 aromatic carbocycles. The molecular formula is C14H17BrClNO3S. The fourth-order valence-corrected chi connectivity index (χ4v) is 5.03. The van der Waals surface area contributed by atoms with Crippen LogP contribution in [-0.4, -0.2) is 25.3 Å². The zero-order valence-corrected chi connectivity index (χ0v) is 14.6. The van der Waals surface area contributed by atoms with Gasteiger partial charge in [0, 0.05) is 10.9 Å². The highest BCUT2D eigenvalue weighted by atomic mass is 79.9. The smallest absolute Gasteiger partial charge is 0.225 e. The minimum atomic E-state index is -3.17. The van der Waals surface area contributed by atoms with Gasteiger partial charge in [-0.2, -0.15) is 0 Å². The number of benzene rings is 1. The summed E-state index contributed by atoms with van der Waals surface area (Å²) in [5.41, 5.74) is 0.489. The molecule has 0 atom stereocenters. The molecule has 0 radical (unpaired) electrons. The number of halogens is 2. The Morgan fingerprint density at radius 2 is 2.00 bits per heavy atom. The van der Waals surface area contributed by atoms with E-state index in [9.17, 15) is 13.2 Å². The van der Waals surface area contributed by atoms with E-state index in [1.54, 1.807) is 18.2 Å². The zero-order valence-electron chi connectivity index (χ0n) is 11.4. The molecule has 2 rings (SSSR count). The molecule has 0 unspecified atom stereocenters. The Morgan fingerprint density at radius 1 is 1.33 bits per heavy atom. The normalized spacial score (nSPS) is 16.1. The van der Waals surface area contributed by atoms with Crippen molar-refractivity contribution in [1.82, 2.24) is 0 Å². The van der Waals surface area contributed by atoms with Crippen LogP contribution in [0.5, 0.6) is 0 Å². The fraction of sp³-hybridized carbons (Fsp3) is 0.500. The summed E-state index contributed by atoms with van der Waals surface area (Å²) in [6.45, 7) is 0. The van der Waals surface area contributed by atoms with Crippen LogP contribution >= 0.6 is 27.5 Å². The molecule has 1 saturated carbocycles. The van der Waals surface area contributed by atoms with Gasteiger partial charge in [0.25, 0.3) is 0 Å². The summed E-state index contributed by atoms with van der Waals surface area (Å²) in [5, 5.41) is 2.80. The highest BCUT2D eigenvalue weighted by Gasteiger charge is 2.28. The second-order valence-corrected chi connectivity index (χ2v) is 8.92. The summed E-state index contributed by atoms with van der Waals surface area (Å²) in [7, 11) is -3.17. The lowest BCUT2D eigenvalue weighted by Gasteiger charge is -2.11. The van der Waals surface area contributed by atoms with Crippen molar-refractivity contribution in [2.45, 2.75) is 37.4 Å². The first kappa shape index (κ1) is 16.8. The monoisotopic (exact) mass is 393 g/mol. The molecule has 1 aliphatic rings. The van der Waals surface area contributed by atoms with E-state index in [2.05, 4.69) is 21.2 Å². The molecule has 21 heavy (non-hydrogen) atoms. The predicted molar refractivity (Wildman–Crippen MR) is 88.4 cm³/mol. The van der Waals surface area contributed by atoms with Gasteiger partial charge >= 0.3 is 0 Å². The first-order valence-corrected chi connectivity index (χ1v) is 9.73. The van der Waals surface area contributed by atoms with E-state index in [0.29, 0.717) is 10.7 Å². The first-order valence-electron chi connectivity index (χ1n) is 6.85. The lowest BCUT2D eigenvalue weighted by molar-refractivity contribution is -0.115. The number of carbonyl (C=O) groups excluding carboxylic acids is 1. The van der Waals surface area contributed by atoms with Crippen LogP contribution in [0.4, 0.5) is 5.69 Å². The minimum absolute atomic E-state index is 0.0365. The third kappa shape index (κ3) is 4.69. The molecule has 116 valence electrons. The largest absolute Gasteiger partial charge is 0.325 e. The van der Waals surface area contributed by atoms with Gasteiger partial charge in [-0.05, 0) is 31.0 Å². The van der Waals surface area contributed by atoms with Gasteiger partial charge in [-0.25, -0.2) is 8.42 Å². The van der Waals surface area contributed by atoms with E-state index in [4.69, 9.17) is 11.6 Å². The maximum absolute atomic E-state index is 12.1. The molecule has 1 N–H and O–H groups in total. The van der Waals surface area contributed by atoms with Gasteiger partial charge in [0.1, 0.15) is 0 Å². The fourth-order valence-electron chi connectivity index (χ4n) is 2.45. The Bertz CT molecular complexity index is 627. The Kier molecular flexibility index (Phi) is 5.68. The second-order valence-electron chi connectivity index (χ2n) is 5.20. The molecule has 0 spiro atoms. The van der Waals surface area contributed by atoms with Crippen LogP contribution in [0.25, 0.3) is 0 Å². The highest BCUT2D eigenvalue weighted by Crippen LogP contribution is 2.27. The van der Waals surface area contributed by atoms with Crippen molar-refractivity contribution in [3.05, 3.63) is 27.7 Å². The Morgan fingerprint density at radius 3 is 2.62 bits per heavy atom. The number of hydrogen-bond acceptors (Lipinski definition) is 3. The average Bonchev–Trinajstić information content (AvgIpc) is 2.95. The van der Waals surface area contributed by atoms with Gasteiger partial charge in [0.15, 0.2) is 9.84 Å². The van der Waals surface area contributed by atoms with Crippen molar-refractivity contribution in [3.8, 4) is 0 Å². The molecule has 7 heteroatoms. The van der Waals surface area contributed by atoms with Crippen LogP contribution in [0.1, 0.15) is 32.1 Å². The van der Waals surface area contributed by atoms with Crippen molar-refractivity contribution in [2.24, 2.45) is 0 Å². The molecule has 1 fully saturated rings. The molecule has 0 aliphatic heterocycles. The van der Waals surface area contributed by atoms with Gasteiger partial charge in [0.2, 0.25) is 5.91 Å². The maximum atomic E-state index is 12.1. The van der Waals surface area contributed by atoms with Gasteiger partial charge in [-0.15, -0.1) is 0 Å². The number of carbonyl (C=O) groups is 1. The number of rotatable bonds is 5. The van der Waals surface area contributed by atoms with E-state index < -0.39 is 9.84 Å². The quantitative estimate of drug-likeness (QED) is 0.826. The second kappa shape index (κ2) is 7.11. The molecule has 0 heterocycles. The van der Waals surface area contributed by atoms with Crippen LogP contribution in [-0.2, 0) is 14.6 Å². The number of nitrogens with one attached hydrogen (secondary N) is 1. The summed E-state index contributed by atoms with van der Waals surface area (Å²) < 4.78 is 25.0. The van der Waals surface area contributed by atoms with Crippen LogP contribution in [0.3, 0.4) is 0 Å². The first-order chi connectivity index (χ1) is 9.88. The Balaban J connectivity index is 1.90. The van der Waals surface area contributed by atoms with E-state index in [0.717, 1.165) is 30.2 Å². The molecule has 0 saturated heterocycles. The van der Waals surface area contributed by atoms with Crippen molar-refractivity contribution < 1.29 is 13.2 Å². The Hall–Kier alpha value is -0.590. The van der Waals surface area contributed by atoms with Crippen LogP contribution in [0.2, 0.25) is 5.02 Å². The van der Waals surface area contributed by atoms with E-state index >= 15 is 0 Å². The molecular weight excluding hydrogens is 378 g/mol. The lowest BCUT2D eigenvalue weighted by Crippen LogP contribution is -2.24. The molecule has 1 aliphatic carbocycles. The number of hydrogen-bond donors (Lipinski definition) is 1. The summed E-state index contributed by atoms with van der Waals surface area (Å²) in [4.78, 5) is 11.9. The van der Waals surface area contributed by atoms with Gasteiger partial charge in [0.05, 0.1) is 21.7 Å². The number of amides is 1. The summed E-state index contributed by atoms with van der Waals surface area (Å²) in [5.74, 6) is -0.432. The maximum Gasteiger partial charge on any atom is 0.225 e. The number of sulfone groups is 1. The highest BCUT2D eigenvalue weighted by molar-refractivity contribution is 9.10. The molecule has 4 nitrogen and oxygen atoms in total. The van der Waals surface area contributed by atoms with Crippen molar-refractivity contribution in [2.75, 3.05) is 11.1 Å². The van der Waals surface area contributed by atoms with Gasteiger partial charge < -0.3 is 5.32 Å². The third-order valence-electron chi connectivity index (χ3n) is 3.63. The van der Waals surface area contributed by atoms with E-state index in [1.807, 2.05) is 0 Å². The van der Waals surface area contributed by atoms with Crippen LogP contribution in [0.15, 0.2) is 22.7 Å². The zero-order chi connectivity index (χ0) is 15.5. The molecule has 1 aromatic rings. The topological polar surface area (TPSA) is 63.2 Å². The molecule has 0 aromatic heterocycles. The van der Waals surface area contributed by atoms with Gasteiger partial charge in [-0.1, -0.05) is 40.4 Å². The van der Waals surface area contributed by atoms with Gasteiger partial charge in [-0.3, -0.25) is 4.79 Å².